The van der Waals surface area contributed by atoms with Crippen LogP contribution in [0.15, 0.2) is 39.7 Å². The van der Waals surface area contributed by atoms with Crippen molar-refractivity contribution in [1.29, 1.82) is 0 Å². The predicted octanol–water partition coefficient (Wildman–Crippen LogP) is 1.83. The van der Waals surface area contributed by atoms with E-state index >= 15 is 0 Å². The van der Waals surface area contributed by atoms with E-state index < -0.39 is 0 Å². The van der Waals surface area contributed by atoms with Gasteiger partial charge in [-0.15, -0.1) is 5.10 Å². The highest BCUT2D eigenvalue weighted by Gasteiger charge is 2.15. The Labute approximate surface area is 108 Å². The fraction of sp³-hybridized carbons (Fsp3) is 0.154. The number of aryl methyl sites for hydroxylation is 2. The average molecular weight is 256 g/mol. The smallest absolute Gasteiger partial charge is 0.349 e. The molecular weight excluding hydrogens is 244 g/mol. The zero-order chi connectivity index (χ0) is 13.4. The minimum absolute atomic E-state index is 0.344. The fourth-order valence-corrected chi connectivity index (χ4v) is 2.02. The Hall–Kier alpha value is -2.63. The molecule has 19 heavy (non-hydrogen) atoms. The van der Waals surface area contributed by atoms with Crippen molar-refractivity contribution in [2.75, 3.05) is 0 Å². The molecule has 0 bridgehead atoms. The Bertz CT molecular complexity index is 748. The van der Waals surface area contributed by atoms with Crippen molar-refractivity contribution >= 4 is 0 Å². The molecule has 0 aromatic carbocycles. The van der Waals surface area contributed by atoms with Gasteiger partial charge < -0.3 is 4.42 Å². The van der Waals surface area contributed by atoms with Gasteiger partial charge in [0.1, 0.15) is 5.82 Å². The maximum absolute atomic E-state index is 11.9. The summed E-state index contributed by atoms with van der Waals surface area (Å²) in [5.74, 6) is 1.45. The molecule has 6 nitrogen and oxygen atoms in total. The third-order valence-corrected chi connectivity index (χ3v) is 2.73. The first-order chi connectivity index (χ1) is 9.15. The monoisotopic (exact) mass is 256 g/mol. The summed E-state index contributed by atoms with van der Waals surface area (Å²) >= 11 is 0. The van der Waals surface area contributed by atoms with Gasteiger partial charge in [0.2, 0.25) is 5.82 Å². The summed E-state index contributed by atoms with van der Waals surface area (Å²) in [5, 5.41) is 6.41. The summed E-state index contributed by atoms with van der Waals surface area (Å²) in [4.78, 5) is 16.3. The molecule has 0 spiro atoms. The molecule has 0 unspecified atom stereocenters. The SMILES string of the molecule is Cc1cc(C)nc(-n2c(-c3ccco3)n[nH]c2=O)c1. The van der Waals surface area contributed by atoms with E-state index in [1.54, 1.807) is 12.1 Å². The predicted molar refractivity (Wildman–Crippen MR) is 69.2 cm³/mol. The lowest BCUT2D eigenvalue weighted by atomic mass is 10.2. The van der Waals surface area contributed by atoms with Crippen LogP contribution in [0.2, 0.25) is 0 Å². The van der Waals surface area contributed by atoms with Crippen molar-refractivity contribution in [3.8, 4) is 17.4 Å². The van der Waals surface area contributed by atoms with E-state index in [0.717, 1.165) is 11.3 Å². The quantitative estimate of drug-likeness (QED) is 0.758. The normalized spacial score (nSPS) is 10.8. The second kappa shape index (κ2) is 4.24. The number of pyridine rings is 1. The van der Waals surface area contributed by atoms with E-state index in [0.29, 0.717) is 17.4 Å². The molecule has 0 aliphatic heterocycles. The van der Waals surface area contributed by atoms with Crippen LogP contribution in [0.5, 0.6) is 0 Å². The van der Waals surface area contributed by atoms with Gasteiger partial charge in [0.25, 0.3) is 0 Å². The van der Waals surface area contributed by atoms with Crippen LogP contribution < -0.4 is 5.69 Å². The van der Waals surface area contributed by atoms with E-state index in [2.05, 4.69) is 15.2 Å². The Kier molecular flexibility index (Phi) is 2.56. The van der Waals surface area contributed by atoms with E-state index in [-0.39, 0.29) is 5.69 Å². The molecule has 0 atom stereocenters. The van der Waals surface area contributed by atoms with E-state index in [1.807, 2.05) is 26.0 Å². The Morgan fingerprint density at radius 3 is 2.84 bits per heavy atom. The van der Waals surface area contributed by atoms with Gasteiger partial charge in [-0.2, -0.15) is 0 Å². The summed E-state index contributed by atoms with van der Waals surface area (Å²) < 4.78 is 6.69. The van der Waals surface area contributed by atoms with Crippen LogP contribution in [0.3, 0.4) is 0 Å². The maximum Gasteiger partial charge on any atom is 0.349 e. The van der Waals surface area contributed by atoms with E-state index in [9.17, 15) is 4.79 Å². The van der Waals surface area contributed by atoms with Gasteiger partial charge in [0.05, 0.1) is 6.26 Å². The van der Waals surface area contributed by atoms with Crippen molar-refractivity contribution in [2.24, 2.45) is 0 Å². The highest BCUT2D eigenvalue weighted by molar-refractivity contribution is 5.50. The lowest BCUT2D eigenvalue weighted by Crippen LogP contribution is -2.17. The average Bonchev–Trinajstić information content (AvgIpc) is 2.95. The van der Waals surface area contributed by atoms with Crippen LogP contribution in [0, 0.1) is 13.8 Å². The molecule has 0 aliphatic carbocycles. The number of rotatable bonds is 2. The summed E-state index contributed by atoms with van der Waals surface area (Å²) in [5.41, 5.74) is 1.53. The third-order valence-electron chi connectivity index (χ3n) is 2.73. The van der Waals surface area contributed by atoms with E-state index in [1.165, 1.54) is 10.8 Å². The van der Waals surface area contributed by atoms with Crippen molar-refractivity contribution in [1.82, 2.24) is 19.7 Å². The Balaban J connectivity index is 2.25. The molecule has 3 heterocycles. The number of aromatic nitrogens is 4. The van der Waals surface area contributed by atoms with Gasteiger partial charge in [0.15, 0.2) is 5.76 Å². The standard InChI is InChI=1S/C13H12N4O2/c1-8-6-9(2)14-11(7-8)17-12(15-16-13(17)18)10-4-3-5-19-10/h3-7H,1-2H3,(H,16,18). The molecule has 3 aromatic heterocycles. The van der Waals surface area contributed by atoms with Gasteiger partial charge in [-0.05, 0) is 43.7 Å². The van der Waals surface area contributed by atoms with Crippen molar-refractivity contribution in [3.05, 3.63) is 52.3 Å². The number of hydrogen-bond donors (Lipinski definition) is 1. The molecule has 0 amide bonds. The van der Waals surface area contributed by atoms with Gasteiger partial charge in [0, 0.05) is 5.69 Å². The first kappa shape index (κ1) is 11.5. The molecular formula is C13H12N4O2. The van der Waals surface area contributed by atoms with Crippen LogP contribution in [0.25, 0.3) is 17.4 Å². The number of nitrogens with zero attached hydrogens (tertiary/aromatic N) is 3. The molecule has 1 N–H and O–H groups in total. The highest BCUT2D eigenvalue weighted by Crippen LogP contribution is 2.18. The molecule has 3 rings (SSSR count). The second-order valence-electron chi connectivity index (χ2n) is 4.31. The zero-order valence-corrected chi connectivity index (χ0v) is 10.5. The van der Waals surface area contributed by atoms with Crippen LogP contribution in [0.1, 0.15) is 11.3 Å². The lowest BCUT2D eigenvalue weighted by Gasteiger charge is -2.05. The summed E-state index contributed by atoms with van der Waals surface area (Å²) in [6.07, 6.45) is 1.54. The number of furan rings is 1. The highest BCUT2D eigenvalue weighted by atomic mass is 16.3. The first-order valence-electron chi connectivity index (χ1n) is 5.82. The van der Waals surface area contributed by atoms with Crippen LogP contribution >= 0.6 is 0 Å². The Morgan fingerprint density at radius 2 is 2.16 bits per heavy atom. The molecule has 0 saturated heterocycles. The molecule has 6 heteroatoms. The fourth-order valence-electron chi connectivity index (χ4n) is 2.02. The van der Waals surface area contributed by atoms with Gasteiger partial charge >= 0.3 is 5.69 Å². The minimum Gasteiger partial charge on any atom is -0.461 e. The minimum atomic E-state index is -0.344. The second-order valence-corrected chi connectivity index (χ2v) is 4.31. The maximum atomic E-state index is 11.9. The molecule has 0 saturated carbocycles. The van der Waals surface area contributed by atoms with Crippen molar-refractivity contribution in [2.45, 2.75) is 13.8 Å². The van der Waals surface area contributed by atoms with E-state index in [4.69, 9.17) is 4.42 Å². The molecule has 0 radical (unpaired) electrons. The van der Waals surface area contributed by atoms with Gasteiger partial charge in [-0.1, -0.05) is 0 Å². The molecule has 0 aliphatic rings. The topological polar surface area (TPSA) is 76.7 Å². The molecule has 3 aromatic rings. The van der Waals surface area contributed by atoms with Gasteiger partial charge in [-0.3, -0.25) is 0 Å². The summed E-state index contributed by atoms with van der Waals surface area (Å²) in [6, 6.07) is 7.26. The zero-order valence-electron chi connectivity index (χ0n) is 10.5. The van der Waals surface area contributed by atoms with Crippen LogP contribution in [-0.4, -0.2) is 19.7 Å². The summed E-state index contributed by atoms with van der Waals surface area (Å²) in [7, 11) is 0. The largest absolute Gasteiger partial charge is 0.461 e. The number of H-pyrrole nitrogens is 1. The van der Waals surface area contributed by atoms with Crippen LogP contribution in [0.4, 0.5) is 0 Å². The number of aromatic amines is 1. The van der Waals surface area contributed by atoms with Crippen molar-refractivity contribution < 1.29 is 4.42 Å². The van der Waals surface area contributed by atoms with Gasteiger partial charge in [-0.25, -0.2) is 19.4 Å². The lowest BCUT2D eigenvalue weighted by molar-refractivity contribution is 0.575. The molecule has 96 valence electrons. The van der Waals surface area contributed by atoms with Crippen LogP contribution in [-0.2, 0) is 0 Å². The summed E-state index contributed by atoms with van der Waals surface area (Å²) in [6.45, 7) is 3.84. The first-order valence-corrected chi connectivity index (χ1v) is 5.82. The number of hydrogen-bond acceptors (Lipinski definition) is 4. The van der Waals surface area contributed by atoms with Crippen molar-refractivity contribution in [3.63, 3.8) is 0 Å². The Morgan fingerprint density at radius 1 is 1.32 bits per heavy atom. The molecule has 0 fully saturated rings. The number of nitrogens with one attached hydrogen (secondary N) is 1. The third kappa shape index (κ3) is 1.97.